The molecule has 0 rings (SSSR count). The summed E-state index contributed by atoms with van der Waals surface area (Å²) in [6.45, 7) is 7.51. The topological polar surface area (TPSA) is 0 Å². The van der Waals surface area contributed by atoms with Crippen molar-refractivity contribution in [1.82, 2.24) is 0 Å². The second-order valence-electron chi connectivity index (χ2n) is 2.46. The largest absolute Gasteiger partial charge is 0.0885 e. The Hall–Kier alpha value is -0.260. The van der Waals surface area contributed by atoms with Crippen molar-refractivity contribution in [2.24, 2.45) is 0 Å². The van der Waals surface area contributed by atoms with Gasteiger partial charge in [0.05, 0.1) is 0 Å². The van der Waals surface area contributed by atoms with Gasteiger partial charge < -0.3 is 0 Å². The van der Waals surface area contributed by atoms with Crippen molar-refractivity contribution in [2.45, 2.75) is 38.5 Å². The SMILES string of the molecule is [CH2]C/C=C/CCCCC[CH2]. The fourth-order valence-corrected chi connectivity index (χ4v) is 0.851. The molecule has 0 spiro atoms. The van der Waals surface area contributed by atoms with Crippen LogP contribution < -0.4 is 0 Å². The van der Waals surface area contributed by atoms with Crippen LogP contribution in [-0.2, 0) is 0 Å². The maximum Gasteiger partial charge on any atom is -0.0351 e. The van der Waals surface area contributed by atoms with Crippen molar-refractivity contribution in [2.75, 3.05) is 0 Å². The van der Waals surface area contributed by atoms with Crippen molar-refractivity contribution in [1.29, 1.82) is 0 Å². The molecule has 0 saturated carbocycles. The fraction of sp³-hybridized carbons (Fsp3) is 0.600. The van der Waals surface area contributed by atoms with Crippen LogP contribution in [0, 0.1) is 13.8 Å². The maximum absolute atomic E-state index is 3.79. The van der Waals surface area contributed by atoms with Gasteiger partial charge in [0.1, 0.15) is 0 Å². The van der Waals surface area contributed by atoms with E-state index in [9.17, 15) is 0 Å². The van der Waals surface area contributed by atoms with Gasteiger partial charge in [-0.05, 0) is 26.2 Å². The number of rotatable bonds is 6. The van der Waals surface area contributed by atoms with E-state index < -0.39 is 0 Å². The molecular weight excluding hydrogens is 120 g/mol. The molecule has 0 nitrogen and oxygen atoms in total. The van der Waals surface area contributed by atoms with Gasteiger partial charge in [0.2, 0.25) is 0 Å². The molecule has 0 saturated heterocycles. The number of allylic oxidation sites excluding steroid dienone is 2. The van der Waals surface area contributed by atoms with Crippen LogP contribution in [0.15, 0.2) is 12.2 Å². The van der Waals surface area contributed by atoms with E-state index in [0.717, 1.165) is 12.8 Å². The molecule has 2 radical (unpaired) electrons. The molecule has 0 unspecified atom stereocenters. The molecular formula is C10H18. The zero-order chi connectivity index (χ0) is 7.66. The van der Waals surface area contributed by atoms with Crippen molar-refractivity contribution in [3.05, 3.63) is 26.0 Å². The molecule has 0 aromatic rings. The Balaban J connectivity index is 2.83. The fourth-order valence-electron chi connectivity index (χ4n) is 0.851. The Labute approximate surface area is 65.3 Å². The van der Waals surface area contributed by atoms with Crippen molar-refractivity contribution >= 4 is 0 Å². The molecule has 0 aliphatic carbocycles. The summed E-state index contributed by atoms with van der Waals surface area (Å²) in [5.74, 6) is 0. The first-order valence-electron chi connectivity index (χ1n) is 4.15. The molecule has 0 aliphatic heterocycles. The molecule has 0 atom stereocenters. The smallest absolute Gasteiger partial charge is 0.0351 e. The van der Waals surface area contributed by atoms with E-state index in [1.54, 1.807) is 0 Å². The Bertz CT molecular complexity index is 72.1. The van der Waals surface area contributed by atoms with Crippen LogP contribution in [0.5, 0.6) is 0 Å². The van der Waals surface area contributed by atoms with Crippen LogP contribution in [0.3, 0.4) is 0 Å². The van der Waals surface area contributed by atoms with E-state index in [0.29, 0.717) is 0 Å². The first-order valence-corrected chi connectivity index (χ1v) is 4.15. The average Bonchev–Trinajstić information content (AvgIpc) is 1.97. The number of hydrogen-bond acceptors (Lipinski definition) is 0. The summed E-state index contributed by atoms with van der Waals surface area (Å²) in [6.07, 6.45) is 11.5. The zero-order valence-corrected chi connectivity index (χ0v) is 6.81. The Morgan fingerprint density at radius 3 is 2.30 bits per heavy atom. The first kappa shape index (κ1) is 9.74. The van der Waals surface area contributed by atoms with Gasteiger partial charge in [-0.25, -0.2) is 0 Å². The minimum atomic E-state index is 0.926. The lowest BCUT2D eigenvalue weighted by Gasteiger charge is -1.92. The van der Waals surface area contributed by atoms with E-state index in [2.05, 4.69) is 26.0 Å². The van der Waals surface area contributed by atoms with E-state index in [1.165, 1.54) is 25.7 Å². The van der Waals surface area contributed by atoms with Crippen LogP contribution in [0.1, 0.15) is 38.5 Å². The lowest BCUT2D eigenvalue weighted by atomic mass is 10.1. The third-order valence-corrected chi connectivity index (χ3v) is 1.45. The average molecular weight is 138 g/mol. The summed E-state index contributed by atoms with van der Waals surface area (Å²) in [5.41, 5.74) is 0. The third kappa shape index (κ3) is 7.74. The van der Waals surface area contributed by atoms with E-state index in [1.807, 2.05) is 0 Å². The molecule has 0 bridgehead atoms. The molecule has 0 aromatic heterocycles. The summed E-state index contributed by atoms with van der Waals surface area (Å²) in [7, 11) is 0. The van der Waals surface area contributed by atoms with Gasteiger partial charge in [0.25, 0.3) is 0 Å². The molecule has 58 valence electrons. The Morgan fingerprint density at radius 2 is 1.70 bits per heavy atom. The van der Waals surface area contributed by atoms with Crippen LogP contribution in [0.25, 0.3) is 0 Å². The molecule has 0 fully saturated rings. The highest BCUT2D eigenvalue weighted by atomic mass is 13.9. The second kappa shape index (κ2) is 8.74. The van der Waals surface area contributed by atoms with Gasteiger partial charge in [-0.3, -0.25) is 0 Å². The molecule has 10 heavy (non-hydrogen) atoms. The molecule has 0 N–H and O–H groups in total. The van der Waals surface area contributed by atoms with Crippen LogP contribution in [0.2, 0.25) is 0 Å². The van der Waals surface area contributed by atoms with E-state index in [-0.39, 0.29) is 0 Å². The van der Waals surface area contributed by atoms with E-state index >= 15 is 0 Å². The third-order valence-electron chi connectivity index (χ3n) is 1.45. The molecule has 0 amide bonds. The number of hydrogen-bond donors (Lipinski definition) is 0. The predicted molar refractivity (Wildman–Crippen MR) is 47.6 cm³/mol. The van der Waals surface area contributed by atoms with Crippen molar-refractivity contribution in [3.63, 3.8) is 0 Å². The second-order valence-corrected chi connectivity index (χ2v) is 2.46. The lowest BCUT2D eigenvalue weighted by molar-refractivity contribution is 0.694. The highest BCUT2D eigenvalue weighted by molar-refractivity contribution is 4.81. The minimum Gasteiger partial charge on any atom is -0.0885 e. The summed E-state index contributed by atoms with van der Waals surface area (Å²) in [6, 6.07) is 0. The molecule has 0 aliphatic rings. The zero-order valence-electron chi connectivity index (χ0n) is 6.81. The molecule has 0 heteroatoms. The summed E-state index contributed by atoms with van der Waals surface area (Å²) in [4.78, 5) is 0. The van der Waals surface area contributed by atoms with Crippen LogP contribution in [0.4, 0.5) is 0 Å². The van der Waals surface area contributed by atoms with Crippen LogP contribution in [-0.4, -0.2) is 0 Å². The summed E-state index contributed by atoms with van der Waals surface area (Å²) < 4.78 is 0. The first-order chi connectivity index (χ1) is 4.91. The van der Waals surface area contributed by atoms with Gasteiger partial charge in [0.15, 0.2) is 0 Å². The van der Waals surface area contributed by atoms with E-state index in [4.69, 9.17) is 0 Å². The summed E-state index contributed by atoms with van der Waals surface area (Å²) in [5, 5.41) is 0. The lowest BCUT2D eigenvalue weighted by Crippen LogP contribution is -1.73. The van der Waals surface area contributed by atoms with Crippen LogP contribution >= 0.6 is 0 Å². The Kier molecular flexibility index (Phi) is 8.51. The van der Waals surface area contributed by atoms with Crippen molar-refractivity contribution in [3.8, 4) is 0 Å². The monoisotopic (exact) mass is 138 g/mol. The van der Waals surface area contributed by atoms with Gasteiger partial charge in [-0.1, -0.05) is 38.3 Å². The van der Waals surface area contributed by atoms with Gasteiger partial charge >= 0.3 is 0 Å². The highest BCUT2D eigenvalue weighted by Crippen LogP contribution is 2.02. The quantitative estimate of drug-likeness (QED) is 0.389. The minimum absolute atomic E-state index is 0.926. The highest BCUT2D eigenvalue weighted by Gasteiger charge is 1.82. The maximum atomic E-state index is 3.79. The van der Waals surface area contributed by atoms with Gasteiger partial charge in [0, 0.05) is 0 Å². The van der Waals surface area contributed by atoms with Gasteiger partial charge in [-0.2, -0.15) is 0 Å². The number of unbranched alkanes of at least 4 members (excludes halogenated alkanes) is 4. The Morgan fingerprint density at radius 1 is 0.900 bits per heavy atom. The molecule has 0 aromatic carbocycles. The molecule has 0 heterocycles. The standard InChI is InChI=1S/C10H18/c1-3-5-7-9-10-8-6-4-2/h5,7H,1-4,6,8-10H2/b7-5+. The predicted octanol–water partition coefficient (Wildman–Crippen LogP) is 3.55. The van der Waals surface area contributed by atoms with Gasteiger partial charge in [-0.15, -0.1) is 0 Å². The summed E-state index contributed by atoms with van der Waals surface area (Å²) >= 11 is 0. The van der Waals surface area contributed by atoms with Crippen molar-refractivity contribution < 1.29 is 0 Å². The normalized spacial score (nSPS) is 11.0.